The third kappa shape index (κ3) is 4.44. The third-order valence-corrected chi connectivity index (χ3v) is 8.30. The van der Waals surface area contributed by atoms with Crippen LogP contribution >= 0.6 is 0 Å². The Kier molecular flexibility index (Phi) is 5.10. The molecule has 0 spiro atoms. The van der Waals surface area contributed by atoms with Gasteiger partial charge in [0.1, 0.15) is 5.69 Å². The summed E-state index contributed by atoms with van der Waals surface area (Å²) in [7, 11) is -0.675. The van der Waals surface area contributed by atoms with Gasteiger partial charge in [-0.05, 0) is 30.3 Å². The van der Waals surface area contributed by atoms with E-state index < -0.39 is 20.2 Å². The van der Waals surface area contributed by atoms with Gasteiger partial charge in [-0.25, -0.2) is 4.98 Å². The number of aromatic nitrogens is 1. The summed E-state index contributed by atoms with van der Waals surface area (Å²) in [5.74, 6) is -0.0384. The van der Waals surface area contributed by atoms with Crippen molar-refractivity contribution < 1.29 is 22.3 Å². The third-order valence-electron chi connectivity index (χ3n) is 3.82. The van der Waals surface area contributed by atoms with E-state index >= 15 is 0 Å². The van der Waals surface area contributed by atoms with Crippen LogP contribution in [0.15, 0.2) is 12.1 Å². The number of alkyl halides is 3. The average molecular weight is 321 g/mol. The van der Waals surface area contributed by atoms with Crippen LogP contribution in [-0.2, 0) is 17.2 Å². The van der Waals surface area contributed by atoms with E-state index in [1.54, 1.807) is 0 Å². The van der Waals surface area contributed by atoms with Crippen molar-refractivity contribution in [3.8, 4) is 5.88 Å². The van der Waals surface area contributed by atoms with Crippen LogP contribution in [0.5, 0.6) is 5.88 Å². The second kappa shape index (κ2) is 5.96. The van der Waals surface area contributed by atoms with Gasteiger partial charge in [-0.3, -0.25) is 0 Å². The maximum Gasteiger partial charge on any atom is 0.433 e. The molecular formula is C14H22F3NO2Si. The number of methoxy groups -OCH3 is 1. The standard InChI is InChI=1S/C14H22F3NO2Si/c1-13(2,3)21(5,6)20-9-10-7-8-11(14(15,16)17)18-12(10)19-4/h7-8H,9H2,1-6H3. The van der Waals surface area contributed by atoms with E-state index in [-0.39, 0.29) is 17.5 Å². The fourth-order valence-electron chi connectivity index (χ4n) is 1.39. The summed E-state index contributed by atoms with van der Waals surface area (Å²) in [4.78, 5) is 3.51. The fourth-order valence-corrected chi connectivity index (χ4v) is 2.34. The van der Waals surface area contributed by atoms with Crippen LogP contribution in [0.4, 0.5) is 13.2 Å². The summed E-state index contributed by atoms with van der Waals surface area (Å²) < 4.78 is 48.8. The Bertz CT molecular complexity index is 496. The van der Waals surface area contributed by atoms with Crippen molar-refractivity contribution in [2.45, 2.75) is 51.7 Å². The Morgan fingerprint density at radius 3 is 2.14 bits per heavy atom. The van der Waals surface area contributed by atoms with Gasteiger partial charge in [-0.2, -0.15) is 13.2 Å². The van der Waals surface area contributed by atoms with Crippen molar-refractivity contribution in [3.05, 3.63) is 23.4 Å². The van der Waals surface area contributed by atoms with E-state index in [1.807, 2.05) is 0 Å². The Morgan fingerprint density at radius 2 is 1.71 bits per heavy atom. The first-order valence-corrected chi connectivity index (χ1v) is 9.54. The molecule has 1 aromatic heterocycles. The van der Waals surface area contributed by atoms with Gasteiger partial charge in [0, 0.05) is 5.56 Å². The van der Waals surface area contributed by atoms with Gasteiger partial charge in [0.15, 0.2) is 8.32 Å². The van der Waals surface area contributed by atoms with Gasteiger partial charge in [-0.1, -0.05) is 20.8 Å². The SMILES string of the molecule is COc1nc(C(F)(F)F)ccc1CO[Si](C)(C)C(C)(C)C. The lowest BCUT2D eigenvalue weighted by Crippen LogP contribution is -2.40. The Labute approximate surface area is 124 Å². The molecular weight excluding hydrogens is 299 g/mol. The highest BCUT2D eigenvalue weighted by molar-refractivity contribution is 6.74. The zero-order chi connectivity index (χ0) is 16.5. The zero-order valence-corrected chi connectivity index (χ0v) is 14.3. The summed E-state index contributed by atoms with van der Waals surface area (Å²) in [6.45, 7) is 10.7. The summed E-state index contributed by atoms with van der Waals surface area (Å²) in [5, 5.41) is 0.0274. The van der Waals surface area contributed by atoms with Crippen LogP contribution in [-0.4, -0.2) is 20.4 Å². The highest BCUT2D eigenvalue weighted by Gasteiger charge is 2.37. The Hall–Kier alpha value is -1.08. The van der Waals surface area contributed by atoms with E-state index in [9.17, 15) is 13.2 Å². The number of nitrogens with zero attached hydrogens (tertiary/aromatic N) is 1. The topological polar surface area (TPSA) is 31.4 Å². The number of pyridine rings is 1. The second-order valence-corrected chi connectivity index (χ2v) is 11.2. The van der Waals surface area contributed by atoms with Crippen LogP contribution in [0.1, 0.15) is 32.0 Å². The quantitative estimate of drug-likeness (QED) is 0.758. The molecule has 21 heavy (non-hydrogen) atoms. The summed E-state index contributed by atoms with van der Waals surface area (Å²) in [5.41, 5.74) is -0.439. The molecule has 0 aliphatic carbocycles. The molecule has 0 aliphatic rings. The first-order chi connectivity index (χ1) is 9.38. The van der Waals surface area contributed by atoms with Crippen LogP contribution in [0.25, 0.3) is 0 Å². The number of halogens is 3. The lowest BCUT2D eigenvalue weighted by atomic mass is 10.2. The molecule has 0 atom stereocenters. The monoisotopic (exact) mass is 321 g/mol. The molecule has 120 valence electrons. The van der Waals surface area contributed by atoms with Gasteiger partial charge < -0.3 is 9.16 Å². The molecule has 0 fully saturated rings. The normalized spacial score (nSPS) is 13.4. The second-order valence-electron chi connectivity index (χ2n) is 6.41. The molecule has 0 aliphatic heterocycles. The van der Waals surface area contributed by atoms with Crippen LogP contribution in [0.2, 0.25) is 18.1 Å². The summed E-state index contributed by atoms with van der Waals surface area (Å²) in [6.07, 6.45) is -4.48. The van der Waals surface area contributed by atoms with E-state index in [4.69, 9.17) is 9.16 Å². The molecule has 0 radical (unpaired) electrons. The molecule has 0 aromatic carbocycles. The molecule has 0 N–H and O–H groups in total. The number of hydrogen-bond acceptors (Lipinski definition) is 3. The molecule has 1 aromatic rings. The lowest BCUT2D eigenvalue weighted by molar-refractivity contribution is -0.141. The van der Waals surface area contributed by atoms with E-state index in [0.717, 1.165) is 6.07 Å². The maximum atomic E-state index is 12.6. The van der Waals surface area contributed by atoms with Crippen molar-refractivity contribution >= 4 is 8.32 Å². The van der Waals surface area contributed by atoms with Crippen LogP contribution in [0, 0.1) is 0 Å². The van der Waals surface area contributed by atoms with Gasteiger partial charge in [0.25, 0.3) is 0 Å². The smallest absolute Gasteiger partial charge is 0.433 e. The Balaban J connectivity index is 2.95. The molecule has 1 heterocycles. The predicted molar refractivity (Wildman–Crippen MR) is 77.8 cm³/mol. The predicted octanol–water partition coefficient (Wildman–Crippen LogP) is 4.63. The molecule has 1 rings (SSSR count). The lowest BCUT2D eigenvalue weighted by Gasteiger charge is -2.36. The minimum absolute atomic E-state index is 0.0274. The average Bonchev–Trinajstić information content (AvgIpc) is 2.33. The van der Waals surface area contributed by atoms with E-state index in [1.165, 1.54) is 13.2 Å². The highest BCUT2D eigenvalue weighted by atomic mass is 28.4. The summed E-state index contributed by atoms with van der Waals surface area (Å²) >= 11 is 0. The molecule has 0 saturated heterocycles. The van der Waals surface area contributed by atoms with Gasteiger partial charge >= 0.3 is 6.18 Å². The molecule has 3 nitrogen and oxygen atoms in total. The van der Waals surface area contributed by atoms with Crippen molar-refractivity contribution in [2.75, 3.05) is 7.11 Å². The minimum atomic E-state index is -4.48. The first kappa shape index (κ1) is 18.0. The number of ether oxygens (including phenoxy) is 1. The largest absolute Gasteiger partial charge is 0.481 e. The van der Waals surface area contributed by atoms with E-state index in [2.05, 4.69) is 38.8 Å². The Morgan fingerprint density at radius 1 is 1.14 bits per heavy atom. The maximum absolute atomic E-state index is 12.6. The molecule has 0 bridgehead atoms. The van der Waals surface area contributed by atoms with Gasteiger partial charge in [0.05, 0.1) is 13.7 Å². The zero-order valence-electron chi connectivity index (χ0n) is 13.3. The van der Waals surface area contributed by atoms with Gasteiger partial charge in [0.2, 0.25) is 5.88 Å². The highest BCUT2D eigenvalue weighted by Crippen LogP contribution is 2.37. The fraction of sp³-hybridized carbons (Fsp3) is 0.643. The molecule has 7 heteroatoms. The van der Waals surface area contributed by atoms with Crippen molar-refractivity contribution in [1.82, 2.24) is 4.98 Å². The van der Waals surface area contributed by atoms with Gasteiger partial charge in [-0.15, -0.1) is 0 Å². The minimum Gasteiger partial charge on any atom is -0.481 e. The van der Waals surface area contributed by atoms with Crippen molar-refractivity contribution in [3.63, 3.8) is 0 Å². The van der Waals surface area contributed by atoms with Crippen LogP contribution in [0.3, 0.4) is 0 Å². The van der Waals surface area contributed by atoms with Crippen molar-refractivity contribution in [1.29, 1.82) is 0 Å². The number of rotatable bonds is 4. The van der Waals surface area contributed by atoms with E-state index in [0.29, 0.717) is 5.56 Å². The molecule has 0 amide bonds. The number of hydrogen-bond donors (Lipinski definition) is 0. The first-order valence-electron chi connectivity index (χ1n) is 6.63. The van der Waals surface area contributed by atoms with Crippen molar-refractivity contribution in [2.24, 2.45) is 0 Å². The molecule has 0 saturated carbocycles. The molecule has 0 unspecified atom stereocenters. The summed E-state index contributed by atoms with van der Waals surface area (Å²) in [6, 6.07) is 2.31. The van der Waals surface area contributed by atoms with Crippen LogP contribution < -0.4 is 4.74 Å².